The lowest BCUT2D eigenvalue weighted by atomic mass is 10.1. The van der Waals surface area contributed by atoms with E-state index in [0.29, 0.717) is 16.9 Å². The number of benzene rings is 1. The van der Waals surface area contributed by atoms with Crippen molar-refractivity contribution in [2.24, 2.45) is 0 Å². The maximum absolute atomic E-state index is 11.7. The molecule has 2 aromatic rings. The average molecular weight is 302 g/mol. The van der Waals surface area contributed by atoms with Gasteiger partial charge in [0.1, 0.15) is 0 Å². The van der Waals surface area contributed by atoms with Crippen molar-refractivity contribution in [2.75, 3.05) is 11.9 Å². The number of ketones is 1. The summed E-state index contributed by atoms with van der Waals surface area (Å²) in [6.45, 7) is 2.62. The molecule has 0 fully saturated rings. The first-order chi connectivity index (χ1) is 10.5. The number of hydrogen-bond donors (Lipinski definition) is 1. The zero-order valence-electron chi connectivity index (χ0n) is 12.1. The van der Waals surface area contributed by atoms with E-state index < -0.39 is 18.5 Å². The quantitative estimate of drug-likeness (QED) is 0.670. The molecule has 0 bridgehead atoms. The van der Waals surface area contributed by atoms with Gasteiger partial charge in [0.15, 0.2) is 12.4 Å². The molecule has 7 nitrogen and oxygen atoms in total. The Kier molecular flexibility index (Phi) is 4.67. The molecule has 0 saturated carbocycles. The van der Waals surface area contributed by atoms with Gasteiger partial charge in [-0.25, -0.2) is 4.79 Å². The molecule has 0 aliphatic rings. The number of aromatic nitrogens is 1. The van der Waals surface area contributed by atoms with Crippen molar-refractivity contribution in [1.29, 1.82) is 0 Å². The number of nitrogens with zero attached hydrogens (tertiary/aromatic N) is 1. The van der Waals surface area contributed by atoms with Crippen LogP contribution in [0.2, 0.25) is 0 Å². The van der Waals surface area contributed by atoms with Crippen LogP contribution < -0.4 is 5.32 Å². The van der Waals surface area contributed by atoms with Crippen LogP contribution in [0, 0.1) is 6.92 Å². The van der Waals surface area contributed by atoms with Crippen molar-refractivity contribution in [3.05, 3.63) is 47.3 Å². The minimum absolute atomic E-state index is 0.0659. The number of rotatable bonds is 5. The van der Waals surface area contributed by atoms with E-state index in [2.05, 4.69) is 10.5 Å². The molecule has 0 aliphatic carbocycles. The Bertz CT molecular complexity index is 720. The van der Waals surface area contributed by atoms with Gasteiger partial charge in [-0.2, -0.15) is 0 Å². The number of carbonyl (C=O) groups is 3. The molecular weight excluding hydrogens is 288 g/mol. The van der Waals surface area contributed by atoms with E-state index in [1.807, 2.05) is 0 Å². The van der Waals surface area contributed by atoms with Crippen molar-refractivity contribution < 1.29 is 23.6 Å². The summed E-state index contributed by atoms with van der Waals surface area (Å²) in [7, 11) is 0. The largest absolute Gasteiger partial charge is 0.450 e. The van der Waals surface area contributed by atoms with Crippen LogP contribution in [0.25, 0.3) is 0 Å². The fourth-order valence-corrected chi connectivity index (χ4v) is 1.68. The molecule has 0 unspecified atom stereocenters. The molecule has 2 rings (SSSR count). The summed E-state index contributed by atoms with van der Waals surface area (Å²) in [6.07, 6.45) is 0. The Hall–Kier alpha value is -2.96. The van der Waals surface area contributed by atoms with Crippen LogP contribution in [-0.2, 0) is 9.53 Å². The Balaban J connectivity index is 1.89. The topological polar surface area (TPSA) is 98.5 Å². The van der Waals surface area contributed by atoms with Crippen LogP contribution in [0.1, 0.15) is 33.5 Å². The van der Waals surface area contributed by atoms with E-state index in [4.69, 9.17) is 9.26 Å². The molecular formula is C15H14N2O5. The highest BCUT2D eigenvalue weighted by atomic mass is 16.6. The number of carbonyl (C=O) groups excluding carboxylic acids is 3. The predicted octanol–water partition coefficient (Wildman–Crippen LogP) is 1.98. The third kappa shape index (κ3) is 4.02. The van der Waals surface area contributed by atoms with Crippen molar-refractivity contribution in [1.82, 2.24) is 5.16 Å². The average Bonchev–Trinajstić information content (AvgIpc) is 2.91. The van der Waals surface area contributed by atoms with Crippen LogP contribution in [-0.4, -0.2) is 29.4 Å². The summed E-state index contributed by atoms with van der Waals surface area (Å²) >= 11 is 0. The van der Waals surface area contributed by atoms with Gasteiger partial charge in [-0.1, -0.05) is 17.3 Å². The molecule has 0 aliphatic heterocycles. The molecule has 0 spiro atoms. The van der Waals surface area contributed by atoms with E-state index in [1.165, 1.54) is 13.0 Å². The van der Waals surface area contributed by atoms with Crippen LogP contribution in [0.5, 0.6) is 0 Å². The van der Waals surface area contributed by atoms with Crippen molar-refractivity contribution >= 4 is 23.3 Å². The zero-order chi connectivity index (χ0) is 16.1. The van der Waals surface area contributed by atoms with Gasteiger partial charge in [0, 0.05) is 17.3 Å². The van der Waals surface area contributed by atoms with Gasteiger partial charge >= 0.3 is 5.97 Å². The van der Waals surface area contributed by atoms with Crippen LogP contribution in [0.4, 0.5) is 5.69 Å². The third-order valence-corrected chi connectivity index (χ3v) is 2.72. The van der Waals surface area contributed by atoms with Crippen molar-refractivity contribution in [3.8, 4) is 0 Å². The van der Waals surface area contributed by atoms with E-state index >= 15 is 0 Å². The first kappa shape index (κ1) is 15.4. The number of Topliss-reactive ketones (excluding diaryl/α,β-unsaturated/α-hetero) is 1. The monoisotopic (exact) mass is 302 g/mol. The molecule has 0 atom stereocenters. The molecule has 0 saturated heterocycles. The molecule has 1 aromatic carbocycles. The molecule has 1 N–H and O–H groups in total. The summed E-state index contributed by atoms with van der Waals surface area (Å²) in [5, 5.41) is 6.09. The first-order valence-corrected chi connectivity index (χ1v) is 6.47. The Morgan fingerprint density at radius 1 is 1.27 bits per heavy atom. The lowest BCUT2D eigenvalue weighted by Gasteiger charge is -2.06. The molecule has 7 heteroatoms. The second kappa shape index (κ2) is 6.66. The number of esters is 1. The Morgan fingerprint density at radius 2 is 2.05 bits per heavy atom. The molecule has 114 valence electrons. The fraction of sp³-hybridized carbons (Fsp3) is 0.200. The standard InChI is InChI=1S/C15H14N2O5/c1-9-6-13(22-17-9)15(20)21-8-14(19)16-12-5-3-4-11(7-12)10(2)18/h3-7H,8H2,1-2H3,(H,16,19). The fourth-order valence-electron chi connectivity index (χ4n) is 1.68. The number of amides is 1. The maximum atomic E-state index is 11.7. The minimum atomic E-state index is -0.770. The van der Waals surface area contributed by atoms with Gasteiger partial charge in [-0.3, -0.25) is 9.59 Å². The maximum Gasteiger partial charge on any atom is 0.377 e. The lowest BCUT2D eigenvalue weighted by Crippen LogP contribution is -2.20. The summed E-state index contributed by atoms with van der Waals surface area (Å²) in [5.74, 6) is -1.47. The van der Waals surface area contributed by atoms with E-state index in [9.17, 15) is 14.4 Å². The Labute approximate surface area is 126 Å². The van der Waals surface area contributed by atoms with Gasteiger partial charge in [-0.05, 0) is 26.0 Å². The second-order valence-corrected chi connectivity index (χ2v) is 4.59. The van der Waals surface area contributed by atoms with Crippen molar-refractivity contribution in [3.63, 3.8) is 0 Å². The van der Waals surface area contributed by atoms with E-state index in [1.54, 1.807) is 31.2 Å². The number of nitrogens with one attached hydrogen (secondary N) is 1. The molecule has 22 heavy (non-hydrogen) atoms. The highest BCUT2D eigenvalue weighted by Gasteiger charge is 2.15. The van der Waals surface area contributed by atoms with Crippen LogP contribution in [0.15, 0.2) is 34.9 Å². The summed E-state index contributed by atoms with van der Waals surface area (Å²) < 4.78 is 9.53. The van der Waals surface area contributed by atoms with Crippen LogP contribution in [0.3, 0.4) is 0 Å². The van der Waals surface area contributed by atoms with Gasteiger partial charge in [0.25, 0.3) is 5.91 Å². The number of ether oxygens (including phenoxy) is 1. The minimum Gasteiger partial charge on any atom is -0.450 e. The van der Waals surface area contributed by atoms with Gasteiger partial charge in [0.2, 0.25) is 5.76 Å². The van der Waals surface area contributed by atoms with Gasteiger partial charge < -0.3 is 14.6 Å². The zero-order valence-corrected chi connectivity index (χ0v) is 12.1. The smallest absolute Gasteiger partial charge is 0.377 e. The van der Waals surface area contributed by atoms with Crippen molar-refractivity contribution in [2.45, 2.75) is 13.8 Å². The number of anilines is 1. The summed E-state index contributed by atoms with van der Waals surface area (Å²) in [6, 6.07) is 7.88. The normalized spacial score (nSPS) is 10.1. The Morgan fingerprint density at radius 3 is 2.68 bits per heavy atom. The molecule has 0 radical (unpaired) electrons. The molecule has 1 heterocycles. The molecule has 1 aromatic heterocycles. The third-order valence-electron chi connectivity index (χ3n) is 2.72. The van der Waals surface area contributed by atoms with Gasteiger partial charge in [0.05, 0.1) is 5.69 Å². The lowest BCUT2D eigenvalue weighted by molar-refractivity contribution is -0.119. The van der Waals surface area contributed by atoms with Crippen LogP contribution >= 0.6 is 0 Å². The van der Waals surface area contributed by atoms with Gasteiger partial charge in [-0.15, -0.1) is 0 Å². The highest BCUT2D eigenvalue weighted by Crippen LogP contribution is 2.11. The first-order valence-electron chi connectivity index (χ1n) is 6.47. The predicted molar refractivity (Wildman–Crippen MR) is 76.6 cm³/mol. The van der Waals surface area contributed by atoms with E-state index in [-0.39, 0.29) is 11.5 Å². The number of hydrogen-bond acceptors (Lipinski definition) is 6. The SMILES string of the molecule is CC(=O)c1cccc(NC(=O)COC(=O)c2cc(C)no2)c1. The highest BCUT2D eigenvalue weighted by molar-refractivity contribution is 5.98. The molecule has 1 amide bonds. The van der Waals surface area contributed by atoms with E-state index in [0.717, 1.165) is 0 Å². The summed E-state index contributed by atoms with van der Waals surface area (Å²) in [4.78, 5) is 34.6. The number of aryl methyl sites for hydroxylation is 1. The summed E-state index contributed by atoms with van der Waals surface area (Å²) in [5.41, 5.74) is 1.47. The second-order valence-electron chi connectivity index (χ2n) is 4.59.